The first kappa shape index (κ1) is 9.75. The van der Waals surface area contributed by atoms with E-state index in [1.165, 1.54) is 0 Å². The molecular formula is C10H18O2. The highest BCUT2D eigenvalue weighted by Crippen LogP contribution is 2.29. The van der Waals surface area contributed by atoms with Gasteiger partial charge in [-0.25, -0.2) is 0 Å². The maximum absolute atomic E-state index is 9.36. The number of aliphatic hydroxyl groups is 1. The molecule has 70 valence electrons. The maximum atomic E-state index is 9.36. The van der Waals surface area contributed by atoms with E-state index in [1.54, 1.807) is 6.92 Å². The Hall–Kier alpha value is -0.340. The van der Waals surface area contributed by atoms with E-state index in [0.717, 1.165) is 12.8 Å². The summed E-state index contributed by atoms with van der Waals surface area (Å²) in [5.74, 6) is 0.468. The van der Waals surface area contributed by atoms with Crippen LogP contribution in [0, 0.1) is 5.92 Å². The highest BCUT2D eigenvalue weighted by Gasteiger charge is 2.34. The summed E-state index contributed by atoms with van der Waals surface area (Å²) >= 11 is 0. The third-order valence-electron chi connectivity index (χ3n) is 2.45. The Balaban J connectivity index is 2.44. The zero-order chi connectivity index (χ0) is 9.14. The van der Waals surface area contributed by atoms with Gasteiger partial charge in [-0.2, -0.15) is 0 Å². The largest absolute Gasteiger partial charge is 0.391 e. The Morgan fingerprint density at radius 1 is 1.75 bits per heavy atom. The standard InChI is InChI=1S/C10H18O2/c1-4-5-9-6-7(2)10(12-9)8(3)11/h4,7-11H,1,5-6H2,2-3H3/t7-,8+,9+,10-/m1/s1. The molecule has 4 atom stereocenters. The van der Waals surface area contributed by atoms with Crippen molar-refractivity contribution in [1.29, 1.82) is 0 Å². The third kappa shape index (κ3) is 2.08. The molecule has 0 aromatic heterocycles. The Morgan fingerprint density at radius 2 is 2.42 bits per heavy atom. The van der Waals surface area contributed by atoms with Crippen LogP contribution >= 0.6 is 0 Å². The molecule has 0 aromatic carbocycles. The summed E-state index contributed by atoms with van der Waals surface area (Å²) in [4.78, 5) is 0. The van der Waals surface area contributed by atoms with Crippen LogP contribution < -0.4 is 0 Å². The van der Waals surface area contributed by atoms with Gasteiger partial charge in [0.25, 0.3) is 0 Å². The normalized spacial score (nSPS) is 38.1. The third-order valence-corrected chi connectivity index (χ3v) is 2.45. The summed E-state index contributed by atoms with van der Waals surface area (Å²) in [7, 11) is 0. The fraction of sp³-hybridized carbons (Fsp3) is 0.800. The molecular weight excluding hydrogens is 152 g/mol. The fourth-order valence-electron chi connectivity index (χ4n) is 1.89. The van der Waals surface area contributed by atoms with Gasteiger partial charge in [0.05, 0.1) is 18.3 Å². The zero-order valence-corrected chi connectivity index (χ0v) is 7.86. The van der Waals surface area contributed by atoms with Gasteiger partial charge in [-0.1, -0.05) is 13.0 Å². The Bertz CT molecular complexity index is 154. The summed E-state index contributed by atoms with van der Waals surface area (Å²) in [5, 5.41) is 9.36. The smallest absolute Gasteiger partial charge is 0.0861 e. The first-order valence-corrected chi connectivity index (χ1v) is 4.59. The van der Waals surface area contributed by atoms with Gasteiger partial charge in [0, 0.05) is 0 Å². The minimum absolute atomic E-state index is 0.0231. The molecule has 0 aliphatic carbocycles. The van der Waals surface area contributed by atoms with E-state index in [9.17, 15) is 5.11 Å². The Kier molecular flexibility index (Phi) is 3.29. The van der Waals surface area contributed by atoms with Gasteiger partial charge >= 0.3 is 0 Å². The van der Waals surface area contributed by atoms with Gasteiger partial charge < -0.3 is 9.84 Å². The van der Waals surface area contributed by atoms with Crippen molar-refractivity contribution in [3.05, 3.63) is 12.7 Å². The van der Waals surface area contributed by atoms with Crippen LogP contribution in [0.3, 0.4) is 0 Å². The van der Waals surface area contributed by atoms with Crippen LogP contribution in [-0.4, -0.2) is 23.4 Å². The summed E-state index contributed by atoms with van der Waals surface area (Å²) in [5.41, 5.74) is 0. The van der Waals surface area contributed by atoms with Gasteiger partial charge in [0.2, 0.25) is 0 Å². The minimum atomic E-state index is -0.352. The van der Waals surface area contributed by atoms with E-state index in [1.807, 2.05) is 6.08 Å². The van der Waals surface area contributed by atoms with E-state index in [-0.39, 0.29) is 18.3 Å². The van der Waals surface area contributed by atoms with Gasteiger partial charge in [-0.15, -0.1) is 6.58 Å². The van der Waals surface area contributed by atoms with Crippen molar-refractivity contribution in [3.8, 4) is 0 Å². The van der Waals surface area contributed by atoms with Crippen LogP contribution in [-0.2, 0) is 4.74 Å². The highest BCUT2D eigenvalue weighted by atomic mass is 16.5. The van der Waals surface area contributed by atoms with Crippen LogP contribution in [0.5, 0.6) is 0 Å². The molecule has 0 saturated carbocycles. The Labute approximate surface area is 74.2 Å². The van der Waals surface area contributed by atoms with Crippen LogP contribution in [0.2, 0.25) is 0 Å². The lowest BCUT2D eigenvalue weighted by atomic mass is 9.98. The number of hydrogen-bond donors (Lipinski definition) is 1. The van der Waals surface area contributed by atoms with E-state index >= 15 is 0 Å². The molecule has 1 fully saturated rings. The van der Waals surface area contributed by atoms with Crippen LogP contribution in [0.1, 0.15) is 26.7 Å². The van der Waals surface area contributed by atoms with E-state index in [2.05, 4.69) is 13.5 Å². The molecule has 1 aliphatic heterocycles. The van der Waals surface area contributed by atoms with Crippen LogP contribution in [0.25, 0.3) is 0 Å². The van der Waals surface area contributed by atoms with Gasteiger partial charge in [0.1, 0.15) is 0 Å². The van der Waals surface area contributed by atoms with Crippen molar-refractivity contribution >= 4 is 0 Å². The van der Waals surface area contributed by atoms with Crippen molar-refractivity contribution in [2.75, 3.05) is 0 Å². The molecule has 1 aliphatic rings. The van der Waals surface area contributed by atoms with Crippen molar-refractivity contribution < 1.29 is 9.84 Å². The van der Waals surface area contributed by atoms with Crippen molar-refractivity contribution in [2.24, 2.45) is 5.92 Å². The number of aliphatic hydroxyl groups excluding tert-OH is 1. The highest BCUT2D eigenvalue weighted by molar-refractivity contribution is 4.86. The lowest BCUT2D eigenvalue weighted by molar-refractivity contribution is -0.0360. The topological polar surface area (TPSA) is 29.5 Å². The molecule has 0 amide bonds. The first-order chi connectivity index (χ1) is 5.65. The maximum Gasteiger partial charge on any atom is 0.0861 e. The molecule has 1 rings (SSSR count). The molecule has 2 nitrogen and oxygen atoms in total. The molecule has 2 heteroatoms. The van der Waals surface area contributed by atoms with Crippen molar-refractivity contribution in [3.63, 3.8) is 0 Å². The van der Waals surface area contributed by atoms with E-state index < -0.39 is 0 Å². The monoisotopic (exact) mass is 170 g/mol. The predicted molar refractivity (Wildman–Crippen MR) is 48.9 cm³/mol. The van der Waals surface area contributed by atoms with Gasteiger partial charge in [-0.3, -0.25) is 0 Å². The number of rotatable bonds is 3. The van der Waals surface area contributed by atoms with Gasteiger partial charge in [-0.05, 0) is 25.7 Å². The molecule has 0 unspecified atom stereocenters. The molecule has 1 saturated heterocycles. The second kappa shape index (κ2) is 4.06. The minimum Gasteiger partial charge on any atom is -0.391 e. The SMILES string of the molecule is C=CC[C@H]1C[C@@H](C)[C@H]([C@H](C)O)O1. The van der Waals surface area contributed by atoms with E-state index in [0.29, 0.717) is 5.92 Å². The Morgan fingerprint density at radius 3 is 2.83 bits per heavy atom. The summed E-state index contributed by atoms with van der Waals surface area (Å²) in [6.45, 7) is 7.59. The lowest BCUT2D eigenvalue weighted by Crippen LogP contribution is -2.27. The average Bonchev–Trinajstić information content (AvgIpc) is 2.32. The molecule has 0 bridgehead atoms. The van der Waals surface area contributed by atoms with Gasteiger partial charge in [0.15, 0.2) is 0 Å². The van der Waals surface area contributed by atoms with Crippen molar-refractivity contribution in [2.45, 2.75) is 45.0 Å². The molecule has 0 aromatic rings. The summed E-state index contributed by atoms with van der Waals surface area (Å²) < 4.78 is 5.65. The summed E-state index contributed by atoms with van der Waals surface area (Å²) in [6.07, 6.45) is 3.76. The number of hydrogen-bond acceptors (Lipinski definition) is 2. The number of ether oxygens (including phenoxy) is 1. The quantitative estimate of drug-likeness (QED) is 0.654. The fourth-order valence-corrected chi connectivity index (χ4v) is 1.89. The van der Waals surface area contributed by atoms with Crippen molar-refractivity contribution in [1.82, 2.24) is 0 Å². The average molecular weight is 170 g/mol. The predicted octanol–water partition coefficient (Wildman–Crippen LogP) is 1.74. The lowest BCUT2D eigenvalue weighted by Gasteiger charge is -2.17. The zero-order valence-electron chi connectivity index (χ0n) is 7.86. The van der Waals surface area contributed by atoms with E-state index in [4.69, 9.17) is 4.74 Å². The second-order valence-electron chi connectivity index (χ2n) is 3.70. The molecule has 1 heterocycles. The first-order valence-electron chi connectivity index (χ1n) is 4.59. The molecule has 0 radical (unpaired) electrons. The molecule has 1 N–H and O–H groups in total. The van der Waals surface area contributed by atoms with Crippen LogP contribution in [0.4, 0.5) is 0 Å². The van der Waals surface area contributed by atoms with Crippen LogP contribution in [0.15, 0.2) is 12.7 Å². The second-order valence-corrected chi connectivity index (χ2v) is 3.70. The summed E-state index contributed by atoms with van der Waals surface area (Å²) in [6, 6.07) is 0. The molecule has 0 spiro atoms. The molecule has 12 heavy (non-hydrogen) atoms.